The smallest absolute Gasteiger partial charge is 0.160 e. The van der Waals surface area contributed by atoms with Gasteiger partial charge in [0.15, 0.2) is 5.82 Å². The number of rotatable bonds is 4. The van der Waals surface area contributed by atoms with Gasteiger partial charge in [0.05, 0.1) is 28.4 Å². The Kier molecular flexibility index (Phi) is 7.02. The minimum Gasteiger partial charge on any atom is -0.228 e. The van der Waals surface area contributed by atoms with Crippen molar-refractivity contribution in [3.05, 3.63) is 204 Å². The van der Waals surface area contributed by atoms with Crippen LogP contribution in [0, 0.1) is 11.3 Å². The number of fused-ring (bicyclic) bond motifs is 9. The van der Waals surface area contributed by atoms with Crippen molar-refractivity contribution in [3.63, 3.8) is 0 Å². The maximum Gasteiger partial charge on any atom is 0.160 e. The lowest BCUT2D eigenvalue weighted by molar-refractivity contribution is 0.722. The SMILES string of the molecule is N#Cc1ccc2c(c1)C1(c3ccccc3Sc3ccccc31)c1cc(-c3cccc(-c4cc(-c5ccccc5)nc(-c5ccccc5)n4)c3)ccc1-2. The summed E-state index contributed by atoms with van der Waals surface area (Å²) in [5.74, 6) is 0.698. The zero-order chi connectivity index (χ0) is 34.6. The second-order valence-corrected chi connectivity index (χ2v) is 14.3. The molecule has 0 unspecified atom stereocenters. The van der Waals surface area contributed by atoms with E-state index in [0.29, 0.717) is 11.4 Å². The van der Waals surface area contributed by atoms with E-state index >= 15 is 0 Å². The molecule has 0 N–H and O–H groups in total. The Bertz CT molecular complexity index is 2630. The Labute approximate surface area is 307 Å². The number of hydrogen-bond donors (Lipinski definition) is 0. The van der Waals surface area contributed by atoms with E-state index in [2.05, 4.69) is 140 Å². The molecule has 1 aromatic heterocycles. The predicted molar refractivity (Wildman–Crippen MR) is 210 cm³/mol. The van der Waals surface area contributed by atoms with Gasteiger partial charge in [0.25, 0.3) is 0 Å². The summed E-state index contributed by atoms with van der Waals surface area (Å²) in [4.78, 5) is 12.6. The molecule has 1 aliphatic heterocycles. The molecule has 0 saturated carbocycles. The Balaban J connectivity index is 1.17. The number of hydrogen-bond acceptors (Lipinski definition) is 4. The summed E-state index contributed by atoms with van der Waals surface area (Å²) in [6.45, 7) is 0. The average molecular weight is 680 g/mol. The van der Waals surface area contributed by atoms with Crippen LogP contribution in [0.15, 0.2) is 186 Å². The largest absolute Gasteiger partial charge is 0.228 e. The summed E-state index contributed by atoms with van der Waals surface area (Å²) in [5.41, 5.74) is 14.4. The molecule has 1 spiro atoms. The quantitative estimate of drug-likeness (QED) is 0.186. The summed E-state index contributed by atoms with van der Waals surface area (Å²) >= 11 is 1.82. The van der Waals surface area contributed by atoms with E-state index in [9.17, 15) is 5.26 Å². The van der Waals surface area contributed by atoms with Crippen LogP contribution in [0.3, 0.4) is 0 Å². The van der Waals surface area contributed by atoms with Crippen molar-refractivity contribution in [2.75, 3.05) is 0 Å². The normalized spacial score (nSPS) is 13.1. The molecule has 10 rings (SSSR count). The van der Waals surface area contributed by atoms with Crippen molar-refractivity contribution >= 4 is 11.8 Å². The van der Waals surface area contributed by atoms with Gasteiger partial charge in [0.2, 0.25) is 0 Å². The molecule has 3 nitrogen and oxygen atoms in total. The molecule has 2 heterocycles. The van der Waals surface area contributed by atoms with Crippen molar-refractivity contribution in [1.82, 2.24) is 9.97 Å². The third kappa shape index (κ3) is 4.67. The lowest BCUT2D eigenvalue weighted by Crippen LogP contribution is -2.32. The monoisotopic (exact) mass is 679 g/mol. The highest BCUT2D eigenvalue weighted by molar-refractivity contribution is 7.99. The van der Waals surface area contributed by atoms with Crippen LogP contribution in [-0.2, 0) is 5.41 Å². The molecule has 0 bridgehead atoms. The van der Waals surface area contributed by atoms with Crippen LogP contribution in [-0.4, -0.2) is 9.97 Å². The van der Waals surface area contributed by atoms with E-state index in [1.54, 1.807) is 0 Å². The van der Waals surface area contributed by atoms with Gasteiger partial charge < -0.3 is 0 Å². The van der Waals surface area contributed by atoms with E-state index in [1.807, 2.05) is 54.2 Å². The van der Waals surface area contributed by atoms with Crippen molar-refractivity contribution in [3.8, 4) is 62.2 Å². The van der Waals surface area contributed by atoms with E-state index in [1.165, 1.54) is 37.6 Å². The van der Waals surface area contributed by atoms with Gasteiger partial charge in [-0.1, -0.05) is 145 Å². The minimum atomic E-state index is -0.564. The number of benzene rings is 7. The molecule has 2 aliphatic rings. The van der Waals surface area contributed by atoms with Crippen molar-refractivity contribution in [2.24, 2.45) is 0 Å². The van der Waals surface area contributed by atoms with E-state index in [4.69, 9.17) is 9.97 Å². The van der Waals surface area contributed by atoms with Gasteiger partial charge in [-0.2, -0.15) is 5.26 Å². The van der Waals surface area contributed by atoms with Gasteiger partial charge in [-0.25, -0.2) is 9.97 Å². The highest BCUT2D eigenvalue weighted by Crippen LogP contribution is 2.62. The predicted octanol–water partition coefficient (Wildman–Crippen LogP) is 11.8. The highest BCUT2D eigenvalue weighted by Gasteiger charge is 2.50. The van der Waals surface area contributed by atoms with Gasteiger partial charge in [-0.15, -0.1) is 0 Å². The van der Waals surface area contributed by atoms with Crippen molar-refractivity contribution < 1.29 is 0 Å². The minimum absolute atomic E-state index is 0.564. The van der Waals surface area contributed by atoms with Gasteiger partial charge in [-0.3, -0.25) is 0 Å². The number of nitrogens with zero attached hydrogens (tertiary/aromatic N) is 3. The molecule has 0 fully saturated rings. The fourth-order valence-corrected chi connectivity index (χ4v) is 9.27. The van der Waals surface area contributed by atoms with E-state index in [0.717, 1.165) is 44.8 Å². The van der Waals surface area contributed by atoms with Gasteiger partial charge in [0.1, 0.15) is 0 Å². The lowest BCUT2D eigenvalue weighted by atomic mass is 9.67. The van der Waals surface area contributed by atoms with Crippen LogP contribution >= 0.6 is 11.8 Å². The Hall–Kier alpha value is -6.54. The van der Waals surface area contributed by atoms with E-state index < -0.39 is 5.41 Å². The molecule has 0 amide bonds. The first-order valence-corrected chi connectivity index (χ1v) is 18.2. The van der Waals surface area contributed by atoms with Crippen LogP contribution in [0.1, 0.15) is 27.8 Å². The second-order valence-electron chi connectivity index (χ2n) is 13.3. The van der Waals surface area contributed by atoms with E-state index in [-0.39, 0.29) is 0 Å². The van der Waals surface area contributed by atoms with Crippen LogP contribution in [0.4, 0.5) is 0 Å². The molecule has 52 heavy (non-hydrogen) atoms. The van der Waals surface area contributed by atoms with Crippen LogP contribution in [0.5, 0.6) is 0 Å². The second kappa shape index (κ2) is 12.1. The Morgan fingerprint density at radius 3 is 1.65 bits per heavy atom. The maximum atomic E-state index is 10.1. The summed E-state index contributed by atoms with van der Waals surface area (Å²) in [6, 6.07) is 64.3. The van der Waals surface area contributed by atoms with Crippen LogP contribution < -0.4 is 0 Å². The van der Waals surface area contributed by atoms with Gasteiger partial charge in [-0.05, 0) is 87.0 Å². The fraction of sp³-hybridized carbons (Fsp3) is 0.0208. The number of aromatic nitrogens is 2. The lowest BCUT2D eigenvalue weighted by Gasteiger charge is -2.39. The van der Waals surface area contributed by atoms with Crippen LogP contribution in [0.25, 0.3) is 56.2 Å². The third-order valence-corrected chi connectivity index (χ3v) is 11.5. The van der Waals surface area contributed by atoms with Crippen molar-refractivity contribution in [2.45, 2.75) is 15.2 Å². The molecule has 0 atom stereocenters. The molecule has 7 aromatic carbocycles. The summed E-state index contributed by atoms with van der Waals surface area (Å²) in [7, 11) is 0. The Morgan fingerprint density at radius 1 is 0.423 bits per heavy atom. The molecule has 4 heteroatoms. The number of nitriles is 1. The molecule has 8 aromatic rings. The molecule has 0 radical (unpaired) electrons. The first-order valence-electron chi connectivity index (χ1n) is 17.4. The first kappa shape index (κ1) is 30.3. The van der Waals surface area contributed by atoms with Gasteiger partial charge in [0, 0.05) is 26.5 Å². The molecule has 242 valence electrons. The third-order valence-electron chi connectivity index (χ3n) is 10.4. The Morgan fingerprint density at radius 2 is 0.962 bits per heavy atom. The van der Waals surface area contributed by atoms with Gasteiger partial charge >= 0.3 is 0 Å². The standard InChI is InChI=1S/C48H29N3S/c49-30-31-22-24-37-38-25-23-35(28-42(38)48(41(37)26-31)39-18-7-9-20-45(39)52-46-21-10-8-19-40(46)48)34-16-11-17-36(27-34)44-29-43(32-12-3-1-4-13-32)50-47(51-44)33-14-5-2-6-15-33/h1-29H. The summed E-state index contributed by atoms with van der Waals surface area (Å²) in [5, 5.41) is 10.1. The zero-order valence-electron chi connectivity index (χ0n) is 28.0. The molecule has 0 saturated heterocycles. The highest BCUT2D eigenvalue weighted by atomic mass is 32.2. The average Bonchev–Trinajstić information content (AvgIpc) is 3.50. The summed E-state index contributed by atoms with van der Waals surface area (Å²) < 4.78 is 0. The van der Waals surface area contributed by atoms with Crippen LogP contribution in [0.2, 0.25) is 0 Å². The summed E-state index contributed by atoms with van der Waals surface area (Å²) in [6.07, 6.45) is 0. The van der Waals surface area contributed by atoms with Crippen molar-refractivity contribution in [1.29, 1.82) is 5.26 Å². The topological polar surface area (TPSA) is 49.6 Å². The molecular weight excluding hydrogens is 651 g/mol. The fourth-order valence-electron chi connectivity index (χ4n) is 8.07. The zero-order valence-corrected chi connectivity index (χ0v) is 28.8. The first-order chi connectivity index (χ1) is 25.7. The molecular formula is C48H29N3S. The maximum absolute atomic E-state index is 10.1. The molecule has 1 aliphatic carbocycles.